The van der Waals surface area contributed by atoms with Crippen molar-refractivity contribution in [1.82, 2.24) is 0 Å². The molecular formula is C33H48O5. The van der Waals surface area contributed by atoms with Gasteiger partial charge in [0.05, 0.1) is 0 Å². The number of hydrogen-bond acceptors (Lipinski definition) is 5. The Kier molecular flexibility index (Phi) is 6.50. The molecule has 0 radical (unpaired) electrons. The van der Waals surface area contributed by atoms with Gasteiger partial charge in [-0.1, -0.05) is 54.2 Å². The van der Waals surface area contributed by atoms with E-state index in [0.29, 0.717) is 17.4 Å². The number of allylic oxidation sites excluding steroid dienone is 2. The highest BCUT2D eigenvalue weighted by molar-refractivity contribution is 5.98. The van der Waals surface area contributed by atoms with Crippen LogP contribution >= 0.6 is 0 Å². The number of ether oxygens (including phenoxy) is 1. The van der Waals surface area contributed by atoms with Crippen molar-refractivity contribution in [3.8, 4) is 0 Å². The summed E-state index contributed by atoms with van der Waals surface area (Å²) in [7, 11) is 0. The maximum absolute atomic E-state index is 13.3. The lowest BCUT2D eigenvalue weighted by Crippen LogP contribution is -2.56. The van der Waals surface area contributed by atoms with E-state index in [2.05, 4.69) is 33.4 Å². The summed E-state index contributed by atoms with van der Waals surface area (Å²) in [5.74, 6) is 0.229. The van der Waals surface area contributed by atoms with Crippen molar-refractivity contribution in [2.24, 2.45) is 57.2 Å². The molecule has 5 rings (SSSR count). The zero-order valence-electron chi connectivity index (χ0n) is 24.5. The first-order valence-electron chi connectivity index (χ1n) is 15.0. The quantitative estimate of drug-likeness (QED) is 0.322. The van der Waals surface area contributed by atoms with Gasteiger partial charge in [0, 0.05) is 18.8 Å². The summed E-state index contributed by atoms with van der Waals surface area (Å²) in [5, 5.41) is 11.4. The second-order valence-corrected chi connectivity index (χ2v) is 14.3. The molecule has 0 bridgehead atoms. The number of aliphatic hydroxyl groups is 1. The minimum absolute atomic E-state index is 0.0200. The Morgan fingerprint density at radius 2 is 1.87 bits per heavy atom. The molecular weight excluding hydrogens is 476 g/mol. The molecule has 38 heavy (non-hydrogen) atoms. The van der Waals surface area contributed by atoms with Gasteiger partial charge >= 0.3 is 5.97 Å². The van der Waals surface area contributed by atoms with Crippen LogP contribution in [-0.4, -0.2) is 34.9 Å². The van der Waals surface area contributed by atoms with E-state index in [1.807, 2.05) is 26.8 Å². The first-order chi connectivity index (χ1) is 17.7. The van der Waals surface area contributed by atoms with Crippen molar-refractivity contribution in [3.05, 3.63) is 24.3 Å². The van der Waals surface area contributed by atoms with E-state index in [4.69, 9.17) is 4.74 Å². The van der Waals surface area contributed by atoms with E-state index in [1.54, 1.807) is 0 Å². The van der Waals surface area contributed by atoms with Crippen LogP contribution in [0.25, 0.3) is 0 Å². The van der Waals surface area contributed by atoms with Crippen LogP contribution in [0.3, 0.4) is 0 Å². The molecule has 5 aliphatic carbocycles. The lowest BCUT2D eigenvalue weighted by molar-refractivity contribution is -0.154. The van der Waals surface area contributed by atoms with Gasteiger partial charge in [0.25, 0.3) is 0 Å². The first kappa shape index (κ1) is 27.8. The van der Waals surface area contributed by atoms with Crippen LogP contribution in [0.4, 0.5) is 0 Å². The monoisotopic (exact) mass is 524 g/mol. The number of carbonyl (C=O) groups is 3. The van der Waals surface area contributed by atoms with Gasteiger partial charge in [0.15, 0.2) is 11.6 Å². The van der Waals surface area contributed by atoms with E-state index < -0.39 is 6.10 Å². The third-order valence-corrected chi connectivity index (χ3v) is 13.2. The molecule has 0 amide bonds. The third kappa shape index (κ3) is 3.42. The molecule has 0 aromatic heterocycles. The summed E-state index contributed by atoms with van der Waals surface area (Å²) in [4.78, 5) is 38.2. The van der Waals surface area contributed by atoms with Gasteiger partial charge in [-0.05, 0) is 102 Å². The van der Waals surface area contributed by atoms with Gasteiger partial charge in [-0.2, -0.15) is 0 Å². The molecule has 5 nitrogen and oxygen atoms in total. The number of Topliss-reactive ketones (excluding diaryl/α,β-unsaturated/α-hetero) is 1. The Hall–Kier alpha value is -1.75. The third-order valence-electron chi connectivity index (χ3n) is 13.2. The summed E-state index contributed by atoms with van der Waals surface area (Å²) < 4.78 is 6.05. The van der Waals surface area contributed by atoms with Gasteiger partial charge in [0.2, 0.25) is 0 Å². The van der Waals surface area contributed by atoms with Crippen LogP contribution in [0.15, 0.2) is 24.3 Å². The van der Waals surface area contributed by atoms with Crippen LogP contribution < -0.4 is 0 Å². The van der Waals surface area contributed by atoms with Crippen LogP contribution in [0.2, 0.25) is 0 Å². The molecule has 5 heteroatoms. The lowest BCUT2D eigenvalue weighted by Gasteiger charge is -2.61. The molecule has 1 N–H and O–H groups in total. The first-order valence-corrected chi connectivity index (χ1v) is 15.0. The predicted molar refractivity (Wildman–Crippen MR) is 147 cm³/mol. The highest BCUT2D eigenvalue weighted by atomic mass is 16.5. The number of aliphatic hydroxyl groups excluding tert-OH is 1. The lowest BCUT2D eigenvalue weighted by atomic mass is 9.43. The fourth-order valence-electron chi connectivity index (χ4n) is 10.8. The Labute approximate surface area is 228 Å². The normalized spacial score (nSPS) is 47.1. The Bertz CT molecular complexity index is 1090. The molecule has 4 saturated carbocycles. The van der Waals surface area contributed by atoms with Gasteiger partial charge < -0.3 is 9.84 Å². The van der Waals surface area contributed by atoms with Crippen LogP contribution in [0, 0.1) is 57.2 Å². The average molecular weight is 525 g/mol. The molecule has 210 valence electrons. The van der Waals surface area contributed by atoms with Gasteiger partial charge in [-0.25, -0.2) is 0 Å². The minimum Gasteiger partial charge on any atom is -0.462 e. The second kappa shape index (κ2) is 8.88. The fraction of sp³-hybridized carbons (Fsp3) is 0.788. The summed E-state index contributed by atoms with van der Waals surface area (Å²) in [6, 6.07) is 0. The van der Waals surface area contributed by atoms with E-state index in [0.717, 1.165) is 44.9 Å². The van der Waals surface area contributed by atoms with Crippen molar-refractivity contribution in [2.45, 2.75) is 106 Å². The predicted octanol–water partition coefficient (Wildman–Crippen LogP) is 6.09. The minimum atomic E-state index is -1.16. The molecule has 2 spiro atoms. The molecule has 0 aromatic carbocycles. The number of ketones is 2. The van der Waals surface area contributed by atoms with E-state index in [9.17, 15) is 19.5 Å². The second-order valence-electron chi connectivity index (χ2n) is 14.3. The SMILES string of the molecule is C=C(C(=O)[C@H](O)[C@@H](C)[C@H]1[C@@H](OC(C)=O)C[C@@]2(C)[C@@H]3CC[C@H]4C(C)C(=O)C=CC45CC35CC[C@]12C)[C@@H](C)CC. The van der Waals surface area contributed by atoms with Crippen molar-refractivity contribution in [3.63, 3.8) is 0 Å². The molecule has 4 fully saturated rings. The van der Waals surface area contributed by atoms with Gasteiger partial charge in [-0.15, -0.1) is 0 Å². The largest absolute Gasteiger partial charge is 0.462 e. The maximum atomic E-state index is 13.3. The Morgan fingerprint density at radius 1 is 1.18 bits per heavy atom. The molecule has 0 aromatic rings. The number of rotatable bonds is 7. The Morgan fingerprint density at radius 3 is 2.50 bits per heavy atom. The summed E-state index contributed by atoms with van der Waals surface area (Å²) >= 11 is 0. The summed E-state index contributed by atoms with van der Waals surface area (Å²) in [6.45, 7) is 18.3. The molecule has 12 atom stereocenters. The number of carbonyl (C=O) groups excluding carboxylic acids is 3. The summed E-state index contributed by atoms with van der Waals surface area (Å²) in [6.07, 6.45) is 9.57. The van der Waals surface area contributed by atoms with Crippen LogP contribution in [-0.2, 0) is 19.1 Å². The smallest absolute Gasteiger partial charge is 0.302 e. The molecule has 0 aliphatic heterocycles. The zero-order valence-corrected chi connectivity index (χ0v) is 24.5. The molecule has 5 aliphatic rings. The van der Waals surface area contributed by atoms with Crippen molar-refractivity contribution < 1.29 is 24.2 Å². The zero-order chi connectivity index (χ0) is 28.0. The van der Waals surface area contributed by atoms with Gasteiger partial charge in [0.1, 0.15) is 12.2 Å². The molecule has 0 saturated heterocycles. The molecule has 0 heterocycles. The number of hydrogen-bond donors (Lipinski definition) is 1. The van der Waals surface area contributed by atoms with E-state index in [-0.39, 0.29) is 69.0 Å². The van der Waals surface area contributed by atoms with Crippen LogP contribution in [0.5, 0.6) is 0 Å². The van der Waals surface area contributed by atoms with Crippen molar-refractivity contribution in [2.75, 3.05) is 0 Å². The standard InChI is InChI=1S/C33H48O5/c1-9-18(2)19(3)28(36)29(37)21(5)27-25(38-22(6)34)16-31(8)26-11-10-23-20(4)24(35)12-13-32(23)17-33(26,32)15-14-30(27,31)7/h12-13,18,20-21,23,25-27,29,37H,3,9-11,14-17H2,1-2,4-8H3/t18-,20?,21-,23-,25-,26-,27-,29+,30+,31-,32?,33?/m0/s1. The Balaban J connectivity index is 1.50. The van der Waals surface area contributed by atoms with E-state index >= 15 is 0 Å². The highest BCUT2D eigenvalue weighted by Gasteiger charge is 2.81. The van der Waals surface area contributed by atoms with Gasteiger partial charge in [-0.3, -0.25) is 14.4 Å². The number of esters is 1. The highest BCUT2D eigenvalue weighted by Crippen LogP contribution is 2.87. The maximum Gasteiger partial charge on any atom is 0.302 e. The van der Waals surface area contributed by atoms with E-state index in [1.165, 1.54) is 6.92 Å². The topological polar surface area (TPSA) is 80.7 Å². The van der Waals surface area contributed by atoms with Crippen LogP contribution in [0.1, 0.15) is 93.4 Å². The molecule has 3 unspecified atom stereocenters. The average Bonchev–Trinajstić information content (AvgIpc) is 3.48. The van der Waals surface area contributed by atoms with Crippen molar-refractivity contribution >= 4 is 17.5 Å². The van der Waals surface area contributed by atoms with Crippen molar-refractivity contribution in [1.29, 1.82) is 0 Å². The number of fused-ring (bicyclic) bond motifs is 2. The fourth-order valence-corrected chi connectivity index (χ4v) is 10.8. The summed E-state index contributed by atoms with van der Waals surface area (Å²) in [5.41, 5.74) is 0.535.